The molecule has 0 atom stereocenters. The number of hydrogen-bond acceptors (Lipinski definition) is 3. The number of ether oxygens (including phenoxy) is 2. The monoisotopic (exact) mass is 310 g/mol. The summed E-state index contributed by atoms with van der Waals surface area (Å²) in [6.07, 6.45) is 3.34. The van der Waals surface area contributed by atoms with E-state index in [0.29, 0.717) is 23.8 Å². The highest BCUT2D eigenvalue weighted by Crippen LogP contribution is 2.19. The number of carbonyl (C=O) groups is 1. The van der Waals surface area contributed by atoms with Crippen molar-refractivity contribution in [2.45, 2.75) is 13.8 Å². The Labute approximate surface area is 137 Å². The van der Waals surface area contributed by atoms with Gasteiger partial charge in [0.2, 0.25) is 0 Å². The van der Waals surface area contributed by atoms with Gasteiger partial charge in [0.25, 0.3) is 0 Å². The largest absolute Gasteiger partial charge is 0.496 e. The standard InChI is InChI=1S/C20H22O3/c1-15(2)14-23-17-8-6-7-16(13-17)11-12-19(21)18-9-4-5-10-20(18)22-3/h4-13,15H,14H2,1-3H3/b12-11+. The molecule has 23 heavy (non-hydrogen) atoms. The van der Waals surface area contributed by atoms with Gasteiger partial charge in [-0.3, -0.25) is 4.79 Å². The summed E-state index contributed by atoms with van der Waals surface area (Å²) in [5.74, 6) is 1.78. The molecule has 0 aliphatic rings. The molecule has 0 aliphatic heterocycles. The molecule has 2 aromatic carbocycles. The van der Waals surface area contributed by atoms with Crippen LogP contribution in [0, 0.1) is 5.92 Å². The van der Waals surface area contributed by atoms with Crippen LogP contribution in [0.25, 0.3) is 6.08 Å². The zero-order valence-electron chi connectivity index (χ0n) is 13.8. The predicted octanol–water partition coefficient (Wildman–Crippen LogP) is 4.63. The van der Waals surface area contributed by atoms with Crippen LogP contribution in [-0.4, -0.2) is 19.5 Å². The first-order chi connectivity index (χ1) is 11.1. The van der Waals surface area contributed by atoms with Crippen molar-refractivity contribution in [1.82, 2.24) is 0 Å². The van der Waals surface area contributed by atoms with Gasteiger partial charge in [-0.25, -0.2) is 0 Å². The average Bonchev–Trinajstić information content (AvgIpc) is 2.58. The van der Waals surface area contributed by atoms with Crippen LogP contribution in [-0.2, 0) is 0 Å². The van der Waals surface area contributed by atoms with Crippen molar-refractivity contribution < 1.29 is 14.3 Å². The van der Waals surface area contributed by atoms with E-state index in [4.69, 9.17) is 9.47 Å². The van der Waals surface area contributed by atoms with Crippen LogP contribution in [0.5, 0.6) is 11.5 Å². The van der Waals surface area contributed by atoms with Gasteiger partial charge in [-0.15, -0.1) is 0 Å². The number of rotatable bonds is 7. The Hall–Kier alpha value is -2.55. The zero-order chi connectivity index (χ0) is 16.7. The summed E-state index contributed by atoms with van der Waals surface area (Å²) in [6.45, 7) is 4.89. The lowest BCUT2D eigenvalue weighted by Crippen LogP contribution is -2.04. The fourth-order valence-electron chi connectivity index (χ4n) is 2.08. The number of para-hydroxylation sites is 1. The van der Waals surface area contributed by atoms with Gasteiger partial charge in [0, 0.05) is 0 Å². The van der Waals surface area contributed by atoms with Gasteiger partial charge in [0.15, 0.2) is 5.78 Å². The third-order valence-corrected chi connectivity index (χ3v) is 3.24. The molecule has 0 saturated carbocycles. The van der Waals surface area contributed by atoms with E-state index in [-0.39, 0.29) is 5.78 Å². The van der Waals surface area contributed by atoms with Crippen LogP contribution < -0.4 is 9.47 Å². The zero-order valence-corrected chi connectivity index (χ0v) is 13.8. The van der Waals surface area contributed by atoms with Crippen molar-refractivity contribution in [2.24, 2.45) is 5.92 Å². The molecular weight excluding hydrogens is 288 g/mol. The number of allylic oxidation sites excluding steroid dienone is 1. The topological polar surface area (TPSA) is 35.5 Å². The normalized spacial score (nSPS) is 11.0. The van der Waals surface area contributed by atoms with Crippen LogP contribution in [0.15, 0.2) is 54.6 Å². The Balaban J connectivity index is 2.10. The molecule has 3 heteroatoms. The third kappa shape index (κ3) is 4.99. The highest BCUT2D eigenvalue weighted by molar-refractivity contribution is 6.08. The molecule has 0 amide bonds. The number of carbonyl (C=O) groups excluding carboxylic acids is 1. The second kappa shape index (κ2) is 8.18. The second-order valence-corrected chi connectivity index (χ2v) is 5.68. The summed E-state index contributed by atoms with van der Waals surface area (Å²) >= 11 is 0. The molecule has 0 heterocycles. The molecule has 0 fully saturated rings. The van der Waals surface area contributed by atoms with E-state index < -0.39 is 0 Å². The van der Waals surface area contributed by atoms with Crippen LogP contribution in [0.1, 0.15) is 29.8 Å². The molecule has 0 aliphatic carbocycles. The van der Waals surface area contributed by atoms with Crippen molar-refractivity contribution in [1.29, 1.82) is 0 Å². The average molecular weight is 310 g/mol. The highest BCUT2D eigenvalue weighted by atomic mass is 16.5. The van der Waals surface area contributed by atoms with Gasteiger partial charge in [-0.1, -0.05) is 44.2 Å². The number of ketones is 1. The number of hydrogen-bond donors (Lipinski definition) is 0. The molecule has 0 radical (unpaired) electrons. The molecule has 120 valence electrons. The highest BCUT2D eigenvalue weighted by Gasteiger charge is 2.08. The quantitative estimate of drug-likeness (QED) is 0.552. The maximum absolute atomic E-state index is 12.3. The summed E-state index contributed by atoms with van der Waals surface area (Å²) in [4.78, 5) is 12.3. The maximum Gasteiger partial charge on any atom is 0.189 e. The molecule has 2 aromatic rings. The molecule has 0 aromatic heterocycles. The fraction of sp³-hybridized carbons (Fsp3) is 0.250. The number of benzene rings is 2. The Morgan fingerprint density at radius 2 is 1.91 bits per heavy atom. The van der Waals surface area contributed by atoms with Gasteiger partial charge in [-0.05, 0) is 41.8 Å². The Morgan fingerprint density at radius 1 is 1.13 bits per heavy atom. The number of methoxy groups -OCH3 is 1. The molecule has 0 saturated heterocycles. The van der Waals surface area contributed by atoms with Crippen LogP contribution in [0.2, 0.25) is 0 Å². The Morgan fingerprint density at radius 3 is 2.65 bits per heavy atom. The smallest absolute Gasteiger partial charge is 0.189 e. The van der Waals surface area contributed by atoms with Gasteiger partial charge < -0.3 is 9.47 Å². The first-order valence-electron chi connectivity index (χ1n) is 7.68. The molecular formula is C20H22O3. The minimum Gasteiger partial charge on any atom is -0.496 e. The Kier molecular flexibility index (Phi) is 5.98. The maximum atomic E-state index is 12.3. The van der Waals surface area contributed by atoms with Crippen molar-refractivity contribution in [3.05, 3.63) is 65.7 Å². The SMILES string of the molecule is COc1ccccc1C(=O)/C=C/c1cccc(OCC(C)C)c1. The van der Waals surface area contributed by atoms with E-state index >= 15 is 0 Å². The minimum atomic E-state index is -0.0871. The van der Waals surface area contributed by atoms with E-state index in [1.807, 2.05) is 36.4 Å². The van der Waals surface area contributed by atoms with Crippen molar-refractivity contribution >= 4 is 11.9 Å². The van der Waals surface area contributed by atoms with E-state index in [0.717, 1.165) is 11.3 Å². The molecule has 0 unspecified atom stereocenters. The van der Waals surface area contributed by atoms with E-state index in [1.54, 1.807) is 31.4 Å². The van der Waals surface area contributed by atoms with Gasteiger partial charge in [0.05, 0.1) is 19.3 Å². The molecule has 0 N–H and O–H groups in total. The Bertz CT molecular complexity index is 687. The van der Waals surface area contributed by atoms with E-state index in [1.165, 1.54) is 0 Å². The summed E-state index contributed by atoms with van der Waals surface area (Å²) in [6, 6.07) is 14.9. The molecule has 2 rings (SSSR count). The molecule has 3 nitrogen and oxygen atoms in total. The van der Waals surface area contributed by atoms with Crippen molar-refractivity contribution in [2.75, 3.05) is 13.7 Å². The van der Waals surface area contributed by atoms with Crippen molar-refractivity contribution in [3.8, 4) is 11.5 Å². The van der Waals surface area contributed by atoms with Crippen molar-refractivity contribution in [3.63, 3.8) is 0 Å². The predicted molar refractivity (Wildman–Crippen MR) is 93.1 cm³/mol. The first-order valence-corrected chi connectivity index (χ1v) is 7.68. The van der Waals surface area contributed by atoms with Crippen LogP contribution >= 0.6 is 0 Å². The van der Waals surface area contributed by atoms with Gasteiger partial charge in [-0.2, -0.15) is 0 Å². The lowest BCUT2D eigenvalue weighted by molar-refractivity contribution is 0.104. The lowest BCUT2D eigenvalue weighted by atomic mass is 10.1. The fourth-order valence-corrected chi connectivity index (χ4v) is 2.08. The summed E-state index contributed by atoms with van der Waals surface area (Å²) in [5.41, 5.74) is 1.48. The first kappa shape index (κ1) is 16.8. The lowest BCUT2D eigenvalue weighted by Gasteiger charge is -2.08. The van der Waals surface area contributed by atoms with E-state index in [2.05, 4.69) is 13.8 Å². The second-order valence-electron chi connectivity index (χ2n) is 5.68. The van der Waals surface area contributed by atoms with E-state index in [9.17, 15) is 4.79 Å². The summed E-state index contributed by atoms with van der Waals surface area (Å²) < 4.78 is 10.9. The third-order valence-electron chi connectivity index (χ3n) is 3.24. The van der Waals surface area contributed by atoms with Crippen LogP contribution in [0.4, 0.5) is 0 Å². The van der Waals surface area contributed by atoms with Gasteiger partial charge >= 0.3 is 0 Å². The van der Waals surface area contributed by atoms with Crippen LogP contribution in [0.3, 0.4) is 0 Å². The molecule has 0 spiro atoms. The minimum absolute atomic E-state index is 0.0871. The summed E-state index contributed by atoms with van der Waals surface area (Å²) in [7, 11) is 1.56. The summed E-state index contributed by atoms with van der Waals surface area (Å²) in [5, 5.41) is 0. The molecule has 0 bridgehead atoms. The van der Waals surface area contributed by atoms with Gasteiger partial charge in [0.1, 0.15) is 11.5 Å².